The molecule has 2 unspecified atom stereocenters. The van der Waals surface area contributed by atoms with E-state index >= 15 is 0 Å². The number of nitrogens with one attached hydrogen (secondary N) is 1. The minimum Gasteiger partial charge on any atom is -0.508 e. The highest BCUT2D eigenvalue weighted by atomic mass is 16.5. The summed E-state index contributed by atoms with van der Waals surface area (Å²) in [6, 6.07) is 14.1. The monoisotopic (exact) mass is 405 g/mol. The third-order valence-electron chi connectivity index (χ3n) is 5.84. The third-order valence-corrected chi connectivity index (χ3v) is 5.84. The van der Waals surface area contributed by atoms with Gasteiger partial charge in [0.05, 0.1) is 12.7 Å². The zero-order valence-corrected chi connectivity index (χ0v) is 16.8. The van der Waals surface area contributed by atoms with Crippen molar-refractivity contribution in [3.8, 4) is 11.5 Å². The zero-order valence-electron chi connectivity index (χ0n) is 16.8. The fourth-order valence-electron chi connectivity index (χ4n) is 4.58. The summed E-state index contributed by atoms with van der Waals surface area (Å²) in [5.74, 6) is -1.21. The minimum atomic E-state index is -1.08. The van der Waals surface area contributed by atoms with Gasteiger partial charge in [-0.2, -0.15) is 0 Å². The largest absolute Gasteiger partial charge is 0.508 e. The molecule has 1 aliphatic heterocycles. The van der Waals surface area contributed by atoms with Crippen LogP contribution in [0.5, 0.6) is 11.5 Å². The first-order chi connectivity index (χ1) is 14.4. The van der Waals surface area contributed by atoms with Crippen molar-refractivity contribution in [2.75, 3.05) is 7.11 Å². The number of allylic oxidation sites excluding steroid dienone is 3. The lowest BCUT2D eigenvalue weighted by atomic mass is 9.71. The number of hydrogen-bond donors (Lipinski definition) is 3. The predicted molar refractivity (Wildman–Crippen MR) is 111 cm³/mol. The number of phenols is 1. The number of hydrogen-bond acceptors (Lipinski definition) is 5. The van der Waals surface area contributed by atoms with Crippen molar-refractivity contribution in [3.63, 3.8) is 0 Å². The van der Waals surface area contributed by atoms with Gasteiger partial charge in [0.25, 0.3) is 0 Å². The Hall–Kier alpha value is -3.54. The van der Waals surface area contributed by atoms with Crippen molar-refractivity contribution in [2.45, 2.75) is 31.6 Å². The Morgan fingerprint density at radius 3 is 2.60 bits per heavy atom. The summed E-state index contributed by atoms with van der Waals surface area (Å²) in [4.78, 5) is 25.4. The van der Waals surface area contributed by atoms with E-state index in [4.69, 9.17) is 4.74 Å². The number of benzene rings is 2. The van der Waals surface area contributed by atoms with Gasteiger partial charge in [-0.05, 0) is 42.7 Å². The van der Waals surface area contributed by atoms with Crippen molar-refractivity contribution in [1.82, 2.24) is 5.32 Å². The molecule has 1 aliphatic carbocycles. The average molecular weight is 405 g/mol. The average Bonchev–Trinajstić information content (AvgIpc) is 2.72. The Morgan fingerprint density at radius 2 is 1.90 bits per heavy atom. The molecule has 0 spiro atoms. The van der Waals surface area contributed by atoms with Gasteiger partial charge in [-0.1, -0.05) is 30.3 Å². The van der Waals surface area contributed by atoms with E-state index in [-0.39, 0.29) is 29.4 Å². The quantitative estimate of drug-likeness (QED) is 0.715. The van der Waals surface area contributed by atoms with E-state index in [1.165, 1.54) is 12.1 Å². The van der Waals surface area contributed by atoms with Crippen LogP contribution in [-0.4, -0.2) is 29.1 Å². The van der Waals surface area contributed by atoms with Gasteiger partial charge < -0.3 is 20.3 Å². The number of carboxylic acid groups (broad SMARTS) is 1. The maximum absolute atomic E-state index is 13.3. The Morgan fingerprint density at radius 1 is 1.13 bits per heavy atom. The van der Waals surface area contributed by atoms with Crippen molar-refractivity contribution in [3.05, 3.63) is 82.2 Å². The first kappa shape index (κ1) is 19.8. The van der Waals surface area contributed by atoms with Crippen LogP contribution in [0.4, 0.5) is 0 Å². The van der Waals surface area contributed by atoms with Crippen molar-refractivity contribution < 1.29 is 24.5 Å². The topological polar surface area (TPSA) is 95.9 Å². The molecule has 2 atom stereocenters. The highest BCUT2D eigenvalue weighted by Gasteiger charge is 2.41. The Bertz CT molecular complexity index is 1100. The van der Waals surface area contributed by atoms with Crippen LogP contribution in [0.2, 0.25) is 0 Å². The van der Waals surface area contributed by atoms with E-state index < -0.39 is 11.9 Å². The molecule has 0 fully saturated rings. The molecule has 3 N–H and O–H groups in total. The highest BCUT2D eigenvalue weighted by molar-refractivity contribution is 6.04. The van der Waals surface area contributed by atoms with Gasteiger partial charge in [-0.15, -0.1) is 0 Å². The van der Waals surface area contributed by atoms with Gasteiger partial charge in [0, 0.05) is 35.2 Å². The van der Waals surface area contributed by atoms with Gasteiger partial charge in [0.15, 0.2) is 5.78 Å². The number of ketones is 1. The summed E-state index contributed by atoms with van der Waals surface area (Å²) in [6.07, 6.45) is 0.836. The molecule has 0 saturated heterocycles. The van der Waals surface area contributed by atoms with E-state index in [0.717, 1.165) is 17.0 Å². The molecule has 2 aromatic rings. The van der Waals surface area contributed by atoms with Crippen LogP contribution in [-0.2, 0) is 9.59 Å². The summed E-state index contributed by atoms with van der Waals surface area (Å²) in [5, 5.41) is 23.0. The Balaban J connectivity index is 1.82. The van der Waals surface area contributed by atoms with E-state index in [0.29, 0.717) is 23.3 Å². The van der Waals surface area contributed by atoms with Crippen LogP contribution in [0.1, 0.15) is 42.7 Å². The minimum absolute atomic E-state index is 0.0331. The fraction of sp³-hybridized carbons (Fsp3) is 0.250. The molecule has 2 aromatic carbocycles. The van der Waals surface area contributed by atoms with Crippen LogP contribution >= 0.6 is 0 Å². The number of rotatable bonds is 4. The maximum Gasteiger partial charge on any atom is 0.334 e. The third kappa shape index (κ3) is 3.34. The SMILES string of the molecule is COc1ccccc1C1CC(=O)C2=C(C1)NC(C)=C(C(=O)O)C2c1cccc(O)c1. The number of carbonyl (C=O) groups excluding carboxylic acids is 1. The summed E-state index contributed by atoms with van der Waals surface area (Å²) >= 11 is 0. The molecule has 4 rings (SSSR count). The number of Topliss-reactive ketones (excluding diaryl/α,β-unsaturated/α-hetero) is 1. The molecule has 6 nitrogen and oxygen atoms in total. The van der Waals surface area contributed by atoms with Crippen molar-refractivity contribution >= 4 is 11.8 Å². The second kappa shape index (κ2) is 7.71. The summed E-state index contributed by atoms with van der Waals surface area (Å²) in [6.45, 7) is 1.71. The number of para-hydroxylation sites is 1. The Kier molecular flexibility index (Phi) is 5.08. The molecule has 6 heteroatoms. The molecular weight excluding hydrogens is 382 g/mol. The second-order valence-corrected chi connectivity index (χ2v) is 7.66. The molecule has 0 aromatic heterocycles. The second-order valence-electron chi connectivity index (χ2n) is 7.66. The molecule has 30 heavy (non-hydrogen) atoms. The molecule has 0 bridgehead atoms. The predicted octanol–water partition coefficient (Wildman–Crippen LogP) is 3.85. The Labute approximate surface area is 174 Å². The summed E-state index contributed by atoms with van der Waals surface area (Å²) in [7, 11) is 1.61. The lowest BCUT2D eigenvalue weighted by molar-refractivity contribution is -0.133. The molecule has 0 amide bonds. The van der Waals surface area contributed by atoms with Crippen LogP contribution in [0.3, 0.4) is 0 Å². The molecule has 154 valence electrons. The molecule has 1 heterocycles. The normalized spacial score (nSPS) is 21.2. The number of aliphatic carboxylic acids is 1. The van der Waals surface area contributed by atoms with Crippen LogP contribution in [0.15, 0.2) is 71.1 Å². The number of aromatic hydroxyl groups is 1. The molecule has 0 saturated carbocycles. The zero-order chi connectivity index (χ0) is 21.4. The maximum atomic E-state index is 13.3. The van der Waals surface area contributed by atoms with Gasteiger partial charge >= 0.3 is 5.97 Å². The first-order valence-electron chi connectivity index (χ1n) is 9.79. The standard InChI is InChI=1S/C24H23NO5/c1-13-21(24(28)29)22(14-6-5-7-16(26)10-14)23-18(25-13)11-15(12-19(23)27)17-8-3-4-9-20(17)30-2/h3-10,15,22,25-26H,11-12H2,1-2H3,(H,28,29). The smallest absolute Gasteiger partial charge is 0.334 e. The number of methoxy groups -OCH3 is 1. The number of carbonyl (C=O) groups is 2. The lowest BCUT2D eigenvalue weighted by Crippen LogP contribution is -2.35. The van der Waals surface area contributed by atoms with Gasteiger partial charge in [-0.25, -0.2) is 4.79 Å². The van der Waals surface area contributed by atoms with Gasteiger partial charge in [-0.3, -0.25) is 4.79 Å². The van der Waals surface area contributed by atoms with Crippen LogP contribution < -0.4 is 10.1 Å². The number of carboxylic acids is 1. The number of phenolic OH excluding ortho intramolecular Hbond substituents is 1. The van der Waals surface area contributed by atoms with Crippen LogP contribution in [0, 0.1) is 0 Å². The van der Waals surface area contributed by atoms with E-state index in [2.05, 4.69) is 5.32 Å². The first-order valence-corrected chi connectivity index (χ1v) is 9.79. The van der Waals surface area contributed by atoms with Gasteiger partial charge in [0.2, 0.25) is 0 Å². The molecule has 0 radical (unpaired) electrons. The van der Waals surface area contributed by atoms with Crippen LogP contribution in [0.25, 0.3) is 0 Å². The van der Waals surface area contributed by atoms with Crippen molar-refractivity contribution in [1.29, 1.82) is 0 Å². The summed E-state index contributed by atoms with van der Waals surface area (Å²) in [5.41, 5.74) is 3.38. The van der Waals surface area contributed by atoms with Gasteiger partial charge in [0.1, 0.15) is 11.5 Å². The van der Waals surface area contributed by atoms with Crippen molar-refractivity contribution in [2.24, 2.45) is 0 Å². The highest BCUT2D eigenvalue weighted by Crippen LogP contribution is 2.46. The van der Waals surface area contributed by atoms with E-state index in [1.807, 2.05) is 24.3 Å². The van der Waals surface area contributed by atoms with E-state index in [1.54, 1.807) is 26.2 Å². The lowest BCUT2D eigenvalue weighted by Gasteiger charge is -2.36. The summed E-state index contributed by atoms with van der Waals surface area (Å²) < 4.78 is 5.48. The molecule has 2 aliphatic rings. The number of dihydropyridines is 1. The number of ether oxygens (including phenoxy) is 1. The molecular formula is C24H23NO5. The fourth-order valence-corrected chi connectivity index (χ4v) is 4.58. The van der Waals surface area contributed by atoms with E-state index in [9.17, 15) is 19.8 Å².